The first-order valence-electron chi connectivity index (χ1n) is 8.05. The molecule has 1 aliphatic heterocycles. The van der Waals surface area contributed by atoms with Crippen LogP contribution in [-0.4, -0.2) is 26.3 Å². The molecule has 23 heavy (non-hydrogen) atoms. The fraction of sp³-hybridized carbons (Fsp3) is 0.368. The number of methoxy groups -OCH3 is 1. The Labute approximate surface area is 137 Å². The van der Waals surface area contributed by atoms with Crippen molar-refractivity contribution >= 4 is 0 Å². The highest BCUT2D eigenvalue weighted by molar-refractivity contribution is 5.32. The molecule has 1 N–H and O–H groups in total. The van der Waals surface area contributed by atoms with Gasteiger partial charge in [-0.15, -0.1) is 0 Å². The molecule has 0 bridgehead atoms. The van der Waals surface area contributed by atoms with Crippen molar-refractivity contribution in [2.24, 2.45) is 0 Å². The molecule has 0 aliphatic carbocycles. The molecule has 0 unspecified atom stereocenters. The Bertz CT molecular complexity index is 606. The number of nitrogens with one attached hydrogen (secondary N) is 1. The van der Waals surface area contributed by atoms with E-state index in [9.17, 15) is 0 Å². The summed E-state index contributed by atoms with van der Waals surface area (Å²) in [5.74, 6) is 2.56. The summed E-state index contributed by atoms with van der Waals surface area (Å²) >= 11 is 0. The Hall–Kier alpha value is -2.20. The van der Waals surface area contributed by atoms with Gasteiger partial charge in [0.1, 0.15) is 30.5 Å². The van der Waals surface area contributed by atoms with Crippen LogP contribution in [0, 0.1) is 0 Å². The fourth-order valence-corrected chi connectivity index (χ4v) is 2.66. The summed E-state index contributed by atoms with van der Waals surface area (Å²) in [7, 11) is 1.67. The van der Waals surface area contributed by atoms with Crippen LogP contribution in [0.25, 0.3) is 0 Å². The van der Waals surface area contributed by atoms with Crippen LogP contribution in [0.3, 0.4) is 0 Å². The van der Waals surface area contributed by atoms with Crippen LogP contribution in [0.15, 0.2) is 48.5 Å². The number of benzene rings is 2. The van der Waals surface area contributed by atoms with Gasteiger partial charge in [0, 0.05) is 6.04 Å². The van der Waals surface area contributed by atoms with E-state index in [1.54, 1.807) is 7.11 Å². The van der Waals surface area contributed by atoms with Crippen molar-refractivity contribution in [3.05, 3.63) is 54.1 Å². The van der Waals surface area contributed by atoms with Gasteiger partial charge in [0.15, 0.2) is 0 Å². The van der Waals surface area contributed by atoms with Crippen LogP contribution in [0.2, 0.25) is 0 Å². The van der Waals surface area contributed by atoms with Crippen molar-refractivity contribution in [3.8, 4) is 17.2 Å². The maximum atomic E-state index is 5.80. The number of hydrogen-bond donors (Lipinski definition) is 1. The molecule has 0 amide bonds. The highest BCUT2D eigenvalue weighted by Gasteiger charge is 2.14. The molecular weight excluding hydrogens is 290 g/mol. The van der Waals surface area contributed by atoms with E-state index in [1.807, 2.05) is 48.5 Å². The second kappa shape index (κ2) is 7.88. The zero-order valence-electron chi connectivity index (χ0n) is 13.5. The molecule has 1 aliphatic rings. The smallest absolute Gasteiger partial charge is 0.120 e. The summed E-state index contributed by atoms with van der Waals surface area (Å²) in [5, 5.41) is 3.43. The first-order chi connectivity index (χ1) is 11.3. The van der Waals surface area contributed by atoms with Gasteiger partial charge in [-0.3, -0.25) is 0 Å². The highest BCUT2D eigenvalue weighted by Crippen LogP contribution is 2.20. The SMILES string of the molecule is COc1cccc(COc2ccc(OC[C@H]3CCCN3)cc2)c1. The largest absolute Gasteiger partial charge is 0.497 e. The van der Waals surface area contributed by atoms with E-state index in [1.165, 1.54) is 12.8 Å². The molecule has 3 rings (SSSR count). The normalized spacial score (nSPS) is 17.0. The van der Waals surface area contributed by atoms with Crippen molar-refractivity contribution in [3.63, 3.8) is 0 Å². The maximum absolute atomic E-state index is 5.80. The number of hydrogen-bond acceptors (Lipinski definition) is 4. The van der Waals surface area contributed by atoms with Crippen molar-refractivity contribution in [2.75, 3.05) is 20.3 Å². The monoisotopic (exact) mass is 313 g/mol. The summed E-state index contributed by atoms with van der Waals surface area (Å²) in [6, 6.07) is 16.2. The lowest BCUT2D eigenvalue weighted by atomic mass is 10.2. The van der Waals surface area contributed by atoms with Gasteiger partial charge in [-0.25, -0.2) is 0 Å². The summed E-state index contributed by atoms with van der Waals surface area (Å²) in [4.78, 5) is 0. The van der Waals surface area contributed by atoms with Gasteiger partial charge in [-0.1, -0.05) is 12.1 Å². The molecule has 2 aromatic carbocycles. The van der Waals surface area contributed by atoms with Crippen LogP contribution < -0.4 is 19.5 Å². The summed E-state index contributed by atoms with van der Waals surface area (Å²) in [6.07, 6.45) is 2.44. The Morgan fingerprint density at radius 1 is 1.00 bits per heavy atom. The van der Waals surface area contributed by atoms with Crippen molar-refractivity contribution < 1.29 is 14.2 Å². The molecular formula is C19H23NO3. The third-order valence-electron chi connectivity index (χ3n) is 3.98. The van der Waals surface area contributed by atoms with E-state index in [2.05, 4.69) is 5.32 Å². The minimum absolute atomic E-state index is 0.485. The lowest BCUT2D eigenvalue weighted by molar-refractivity contribution is 0.275. The summed E-state index contributed by atoms with van der Waals surface area (Å²) in [5.41, 5.74) is 1.08. The maximum Gasteiger partial charge on any atom is 0.120 e. The highest BCUT2D eigenvalue weighted by atomic mass is 16.5. The van der Waals surface area contributed by atoms with Crippen LogP contribution in [0.1, 0.15) is 18.4 Å². The Morgan fingerprint density at radius 3 is 2.48 bits per heavy atom. The predicted molar refractivity (Wildman–Crippen MR) is 90.3 cm³/mol. The second-order valence-corrected chi connectivity index (χ2v) is 5.72. The standard InChI is InChI=1S/C19H23NO3/c1-21-19-6-2-4-15(12-19)13-22-17-7-9-18(10-8-17)23-14-16-5-3-11-20-16/h2,4,6-10,12,16,20H,3,5,11,13-14H2,1H3/t16-/m1/s1. The van der Waals surface area contributed by atoms with Gasteiger partial charge in [-0.2, -0.15) is 0 Å². The lowest BCUT2D eigenvalue weighted by Gasteiger charge is -2.12. The van der Waals surface area contributed by atoms with Crippen molar-refractivity contribution in [1.29, 1.82) is 0 Å². The van der Waals surface area contributed by atoms with E-state index in [0.29, 0.717) is 12.6 Å². The van der Waals surface area contributed by atoms with Gasteiger partial charge < -0.3 is 19.5 Å². The van der Waals surface area contributed by atoms with E-state index in [0.717, 1.165) is 36.0 Å². The first-order valence-corrected chi connectivity index (χ1v) is 8.05. The molecule has 1 heterocycles. The molecule has 1 atom stereocenters. The Kier molecular flexibility index (Phi) is 5.37. The van der Waals surface area contributed by atoms with Gasteiger partial charge >= 0.3 is 0 Å². The van der Waals surface area contributed by atoms with E-state index < -0.39 is 0 Å². The minimum Gasteiger partial charge on any atom is -0.497 e. The van der Waals surface area contributed by atoms with Gasteiger partial charge in [0.2, 0.25) is 0 Å². The fourth-order valence-electron chi connectivity index (χ4n) is 2.66. The number of ether oxygens (including phenoxy) is 3. The predicted octanol–water partition coefficient (Wildman–Crippen LogP) is 3.41. The molecule has 1 fully saturated rings. The van der Waals surface area contributed by atoms with E-state index in [-0.39, 0.29) is 0 Å². The van der Waals surface area contributed by atoms with Crippen LogP contribution in [0.5, 0.6) is 17.2 Å². The van der Waals surface area contributed by atoms with Gasteiger partial charge in [0.25, 0.3) is 0 Å². The lowest BCUT2D eigenvalue weighted by Crippen LogP contribution is -2.28. The minimum atomic E-state index is 0.485. The third kappa shape index (κ3) is 4.63. The molecule has 0 saturated carbocycles. The van der Waals surface area contributed by atoms with Crippen molar-refractivity contribution in [2.45, 2.75) is 25.5 Å². The summed E-state index contributed by atoms with van der Waals surface area (Å²) in [6.45, 7) is 2.35. The average Bonchev–Trinajstić information content (AvgIpc) is 3.13. The molecule has 122 valence electrons. The van der Waals surface area contributed by atoms with Crippen LogP contribution in [-0.2, 0) is 6.61 Å². The zero-order chi connectivity index (χ0) is 15.9. The topological polar surface area (TPSA) is 39.7 Å². The molecule has 1 saturated heterocycles. The molecule has 4 nitrogen and oxygen atoms in total. The quantitative estimate of drug-likeness (QED) is 0.850. The van der Waals surface area contributed by atoms with Crippen molar-refractivity contribution in [1.82, 2.24) is 5.32 Å². The van der Waals surface area contributed by atoms with Crippen LogP contribution in [0.4, 0.5) is 0 Å². The summed E-state index contributed by atoms with van der Waals surface area (Å²) < 4.78 is 16.8. The van der Waals surface area contributed by atoms with Gasteiger partial charge in [0.05, 0.1) is 7.11 Å². The van der Waals surface area contributed by atoms with Gasteiger partial charge in [-0.05, 0) is 61.3 Å². The molecule has 4 heteroatoms. The second-order valence-electron chi connectivity index (χ2n) is 5.72. The third-order valence-corrected chi connectivity index (χ3v) is 3.98. The molecule has 0 aromatic heterocycles. The Balaban J connectivity index is 1.48. The number of rotatable bonds is 7. The average molecular weight is 313 g/mol. The molecule has 2 aromatic rings. The van der Waals surface area contributed by atoms with E-state index >= 15 is 0 Å². The Morgan fingerprint density at radius 2 is 1.78 bits per heavy atom. The van der Waals surface area contributed by atoms with Crippen LogP contribution >= 0.6 is 0 Å². The molecule has 0 spiro atoms. The van der Waals surface area contributed by atoms with E-state index in [4.69, 9.17) is 14.2 Å². The first kappa shape index (κ1) is 15.7. The zero-order valence-corrected chi connectivity index (χ0v) is 13.5. The molecule has 0 radical (unpaired) electrons.